The van der Waals surface area contributed by atoms with Crippen molar-refractivity contribution in [3.63, 3.8) is 0 Å². The number of rotatable bonds is 18. The zero-order chi connectivity index (χ0) is 36.6. The number of amides is 3. The van der Waals surface area contributed by atoms with Crippen LogP contribution in [0.15, 0.2) is 76.1 Å². The van der Waals surface area contributed by atoms with Crippen molar-refractivity contribution in [2.75, 3.05) is 26.2 Å². The number of carbonyl (C=O) groups is 2. The van der Waals surface area contributed by atoms with Crippen LogP contribution in [-0.2, 0) is 27.8 Å². The van der Waals surface area contributed by atoms with Crippen molar-refractivity contribution in [3.05, 3.63) is 92.8 Å². The van der Waals surface area contributed by atoms with Gasteiger partial charge in [0.15, 0.2) is 0 Å². The van der Waals surface area contributed by atoms with E-state index in [1.54, 1.807) is 12.3 Å². The van der Waals surface area contributed by atoms with Gasteiger partial charge in [-0.3, -0.25) is 14.9 Å². The SMILES string of the molecule is CC(C)CN(C[C@H](O)[C@H](Cc1ccccc1)CC(C)C(C(N)=O)N1CCN(Cc2csc([N+](=O)[O-])c2)C1=O)S(=O)(=O)c1ccc(C=NO)cc1. The normalized spacial score (nSPS) is 16.3. The van der Waals surface area contributed by atoms with Gasteiger partial charge < -0.3 is 25.8 Å². The minimum absolute atomic E-state index is 0.0244. The summed E-state index contributed by atoms with van der Waals surface area (Å²) in [6, 6.07) is 15.3. The molecule has 16 heteroatoms. The molecule has 3 aromatic rings. The molecule has 4 atom stereocenters. The summed E-state index contributed by atoms with van der Waals surface area (Å²) in [6.45, 7) is 6.14. The molecule has 2 unspecified atom stereocenters. The third-order valence-corrected chi connectivity index (χ3v) is 11.5. The van der Waals surface area contributed by atoms with Gasteiger partial charge in [-0.15, -0.1) is 0 Å². The number of nitrogens with two attached hydrogens (primary N) is 1. The molecule has 1 aromatic heterocycles. The van der Waals surface area contributed by atoms with Crippen LogP contribution in [0.1, 0.15) is 43.9 Å². The Morgan fingerprint density at radius 1 is 1.10 bits per heavy atom. The maximum atomic E-state index is 13.9. The zero-order valence-corrected chi connectivity index (χ0v) is 29.9. The molecule has 4 rings (SSSR count). The first kappa shape index (κ1) is 38.4. The fourth-order valence-corrected chi connectivity index (χ4v) is 8.73. The van der Waals surface area contributed by atoms with E-state index in [1.165, 1.54) is 50.7 Å². The molecule has 0 spiro atoms. The number of thiophene rings is 1. The molecule has 0 radical (unpaired) electrons. The van der Waals surface area contributed by atoms with Crippen LogP contribution in [0.5, 0.6) is 0 Å². The molecule has 14 nitrogen and oxygen atoms in total. The Bertz CT molecular complexity index is 1750. The molecule has 4 N–H and O–H groups in total. The van der Waals surface area contributed by atoms with Gasteiger partial charge in [0.25, 0.3) is 0 Å². The lowest BCUT2D eigenvalue weighted by molar-refractivity contribution is -0.380. The fraction of sp³-hybridized carbons (Fsp3) is 0.441. The van der Waals surface area contributed by atoms with Crippen molar-refractivity contribution in [2.45, 2.75) is 57.2 Å². The average molecular weight is 729 g/mol. The molecule has 1 fully saturated rings. The first-order valence-corrected chi connectivity index (χ1v) is 18.6. The van der Waals surface area contributed by atoms with Crippen LogP contribution in [-0.4, -0.2) is 94.2 Å². The monoisotopic (exact) mass is 728 g/mol. The number of benzene rings is 2. The lowest BCUT2D eigenvalue weighted by atomic mass is 9.82. The number of hydrogen-bond acceptors (Lipinski definition) is 10. The summed E-state index contributed by atoms with van der Waals surface area (Å²) in [5, 5.41) is 36.3. The summed E-state index contributed by atoms with van der Waals surface area (Å²) in [7, 11) is -4.05. The average Bonchev–Trinajstić information content (AvgIpc) is 3.68. The van der Waals surface area contributed by atoms with E-state index in [0.29, 0.717) is 24.1 Å². The van der Waals surface area contributed by atoms with E-state index in [1.807, 2.05) is 44.2 Å². The van der Waals surface area contributed by atoms with Gasteiger partial charge in [0.2, 0.25) is 15.9 Å². The Labute approximate surface area is 296 Å². The third kappa shape index (κ3) is 9.65. The highest BCUT2D eigenvalue weighted by Gasteiger charge is 2.41. The van der Waals surface area contributed by atoms with Crippen molar-refractivity contribution in [2.24, 2.45) is 28.6 Å². The van der Waals surface area contributed by atoms with Gasteiger partial charge in [0.1, 0.15) is 6.04 Å². The summed E-state index contributed by atoms with van der Waals surface area (Å²) < 4.78 is 29.0. The molecular weight excluding hydrogens is 685 g/mol. The first-order valence-electron chi connectivity index (χ1n) is 16.3. The maximum Gasteiger partial charge on any atom is 0.324 e. The summed E-state index contributed by atoms with van der Waals surface area (Å²) in [5.74, 6) is -1.81. The van der Waals surface area contributed by atoms with Gasteiger partial charge in [-0.1, -0.05) is 79.7 Å². The minimum Gasteiger partial charge on any atom is -0.411 e. The van der Waals surface area contributed by atoms with E-state index in [9.17, 15) is 33.2 Å². The van der Waals surface area contributed by atoms with Crippen LogP contribution in [0.25, 0.3) is 0 Å². The van der Waals surface area contributed by atoms with E-state index >= 15 is 0 Å². The number of urea groups is 1. The van der Waals surface area contributed by atoms with E-state index in [0.717, 1.165) is 16.9 Å². The van der Waals surface area contributed by atoms with E-state index in [-0.39, 0.29) is 48.4 Å². The molecule has 0 aliphatic carbocycles. The van der Waals surface area contributed by atoms with Crippen molar-refractivity contribution in [3.8, 4) is 0 Å². The molecule has 1 aliphatic heterocycles. The lowest BCUT2D eigenvalue weighted by Gasteiger charge is -2.35. The molecule has 50 heavy (non-hydrogen) atoms. The van der Waals surface area contributed by atoms with Gasteiger partial charge in [0.05, 0.1) is 22.1 Å². The second-order valence-corrected chi connectivity index (χ2v) is 15.9. The van der Waals surface area contributed by atoms with E-state index in [2.05, 4.69) is 5.16 Å². The minimum atomic E-state index is -4.05. The van der Waals surface area contributed by atoms with Gasteiger partial charge in [-0.25, -0.2) is 13.2 Å². The number of primary amides is 1. The molecule has 0 bridgehead atoms. The zero-order valence-electron chi connectivity index (χ0n) is 28.2. The second kappa shape index (κ2) is 17.0. The topological polar surface area (TPSA) is 200 Å². The summed E-state index contributed by atoms with van der Waals surface area (Å²) in [4.78, 5) is 40.1. The van der Waals surface area contributed by atoms with Crippen molar-refractivity contribution >= 4 is 44.5 Å². The number of nitro groups is 1. The highest BCUT2D eigenvalue weighted by atomic mass is 32.2. The first-order chi connectivity index (χ1) is 23.7. The highest BCUT2D eigenvalue weighted by Crippen LogP contribution is 2.30. The molecule has 1 aliphatic rings. The van der Waals surface area contributed by atoms with E-state index < -0.39 is 50.9 Å². The van der Waals surface area contributed by atoms with Gasteiger partial charge in [-0.05, 0) is 59.4 Å². The Hall–Kier alpha value is -4.38. The molecule has 0 saturated carbocycles. The van der Waals surface area contributed by atoms with E-state index in [4.69, 9.17) is 10.9 Å². The summed E-state index contributed by atoms with van der Waals surface area (Å²) in [6.07, 6.45) is 0.654. The van der Waals surface area contributed by atoms with Gasteiger partial charge in [0, 0.05) is 44.2 Å². The molecule has 3 amide bonds. The van der Waals surface area contributed by atoms with Gasteiger partial charge in [-0.2, -0.15) is 4.31 Å². The number of aliphatic hydroxyl groups is 1. The molecule has 2 aromatic carbocycles. The maximum absolute atomic E-state index is 13.9. The highest BCUT2D eigenvalue weighted by molar-refractivity contribution is 7.89. The van der Waals surface area contributed by atoms with Crippen molar-refractivity contribution in [1.82, 2.24) is 14.1 Å². The Morgan fingerprint density at radius 3 is 2.36 bits per heavy atom. The molecule has 270 valence electrons. The smallest absolute Gasteiger partial charge is 0.324 e. The predicted molar refractivity (Wildman–Crippen MR) is 189 cm³/mol. The van der Waals surface area contributed by atoms with Crippen LogP contribution in [0, 0.1) is 27.9 Å². The number of hydrogen-bond donors (Lipinski definition) is 3. The van der Waals surface area contributed by atoms with Crippen LogP contribution in [0.3, 0.4) is 0 Å². The number of aliphatic hydroxyl groups excluding tert-OH is 1. The van der Waals surface area contributed by atoms with Crippen LogP contribution in [0.2, 0.25) is 0 Å². The standard InChI is InChI=1S/C34H44N6O8S2/c1-23(2)19-38(50(47,48)29-11-9-26(10-12-29)18-36-44)21-30(41)28(16-25-7-5-4-6-8-25)15-24(3)32(33(35)42)39-14-13-37(34(39)43)20-27-17-31(40(45)46)49-22-27/h4-12,17-18,22-24,28,30,32,41,44H,13-16,19-21H2,1-3H3,(H2,35,42)/t24?,28-,30-,32?/m0/s1. The number of nitrogens with zero attached hydrogens (tertiary/aromatic N) is 5. The molecular formula is C34H44N6O8S2. The summed E-state index contributed by atoms with van der Waals surface area (Å²) >= 11 is 0.976. The molecule has 2 heterocycles. The van der Waals surface area contributed by atoms with Crippen molar-refractivity contribution < 1.29 is 33.2 Å². The quantitative estimate of drug-likeness (QED) is 0.0751. The van der Waals surface area contributed by atoms with Crippen molar-refractivity contribution in [1.29, 1.82) is 0 Å². The third-order valence-electron chi connectivity index (χ3n) is 8.73. The summed E-state index contributed by atoms with van der Waals surface area (Å²) in [5.41, 5.74) is 7.94. The van der Waals surface area contributed by atoms with Gasteiger partial charge >= 0.3 is 11.0 Å². The Kier molecular flexibility index (Phi) is 13.1. The Balaban J connectivity index is 1.56. The van der Waals surface area contributed by atoms with Crippen LogP contribution in [0.4, 0.5) is 9.80 Å². The predicted octanol–water partition coefficient (Wildman–Crippen LogP) is 4.15. The number of oxime groups is 1. The number of carbonyl (C=O) groups excluding carboxylic acids is 2. The fourth-order valence-electron chi connectivity index (χ4n) is 6.39. The Morgan fingerprint density at radius 2 is 1.78 bits per heavy atom. The second-order valence-electron chi connectivity index (χ2n) is 13.1. The van der Waals surface area contributed by atoms with Crippen LogP contribution >= 0.6 is 11.3 Å². The number of sulfonamides is 1. The molecule has 1 saturated heterocycles. The van der Waals surface area contributed by atoms with Crippen LogP contribution < -0.4 is 5.73 Å². The largest absolute Gasteiger partial charge is 0.411 e. The lowest BCUT2D eigenvalue weighted by Crippen LogP contribution is -2.51.